The molecule has 1 atom stereocenters. The molecule has 2 amide bonds. The van der Waals surface area contributed by atoms with Gasteiger partial charge in [-0.1, -0.05) is 24.3 Å². The van der Waals surface area contributed by atoms with Gasteiger partial charge in [-0.3, -0.25) is 14.4 Å². The number of ether oxygens (including phenoxy) is 1. The Bertz CT molecular complexity index is 682. The van der Waals surface area contributed by atoms with Crippen LogP contribution >= 0.6 is 0 Å². The molecule has 0 saturated heterocycles. The number of rotatable bonds is 7. The summed E-state index contributed by atoms with van der Waals surface area (Å²) in [5, 5.41) is 5.19. The summed E-state index contributed by atoms with van der Waals surface area (Å²) < 4.78 is 4.93. The molecule has 0 fully saturated rings. The van der Waals surface area contributed by atoms with Crippen molar-refractivity contribution in [1.82, 2.24) is 5.32 Å². The van der Waals surface area contributed by atoms with Gasteiger partial charge in [0.25, 0.3) is 5.91 Å². The van der Waals surface area contributed by atoms with E-state index in [0.717, 1.165) is 29.7 Å². The first-order chi connectivity index (χ1) is 12.0. The van der Waals surface area contributed by atoms with Gasteiger partial charge in [0.15, 0.2) is 6.61 Å². The molecule has 1 aliphatic rings. The van der Waals surface area contributed by atoms with Gasteiger partial charge in [0.05, 0.1) is 13.0 Å². The van der Waals surface area contributed by atoms with Crippen LogP contribution in [0.4, 0.5) is 5.69 Å². The second-order valence-corrected chi connectivity index (χ2v) is 6.20. The molecule has 6 nitrogen and oxygen atoms in total. The molecule has 6 heteroatoms. The summed E-state index contributed by atoms with van der Waals surface area (Å²) in [7, 11) is 0. The third-order valence-corrected chi connectivity index (χ3v) is 4.23. The van der Waals surface area contributed by atoms with E-state index in [1.165, 1.54) is 0 Å². The lowest BCUT2D eigenvalue weighted by Crippen LogP contribution is -2.35. The second-order valence-electron chi connectivity index (χ2n) is 6.20. The van der Waals surface area contributed by atoms with Gasteiger partial charge in [0.1, 0.15) is 0 Å². The number of carbonyl (C=O) groups excluding carboxylic acids is 3. The zero-order valence-corrected chi connectivity index (χ0v) is 14.6. The molecule has 0 saturated carbocycles. The molecule has 1 aromatic rings. The van der Waals surface area contributed by atoms with Crippen LogP contribution in [0.2, 0.25) is 0 Å². The first-order valence-electron chi connectivity index (χ1n) is 8.40. The zero-order valence-electron chi connectivity index (χ0n) is 14.6. The van der Waals surface area contributed by atoms with Gasteiger partial charge in [-0.25, -0.2) is 0 Å². The largest absolute Gasteiger partial charge is 0.456 e. The molecule has 2 N–H and O–H groups in total. The molecule has 0 heterocycles. The molecular weight excluding hydrogens is 320 g/mol. The Hall–Kier alpha value is -2.63. The van der Waals surface area contributed by atoms with E-state index >= 15 is 0 Å². The van der Waals surface area contributed by atoms with Gasteiger partial charge in [-0.15, -0.1) is 0 Å². The van der Waals surface area contributed by atoms with Crippen LogP contribution in [-0.4, -0.2) is 30.9 Å². The first-order valence-corrected chi connectivity index (χ1v) is 8.40. The highest BCUT2D eigenvalue weighted by Crippen LogP contribution is 2.20. The molecule has 0 aliphatic heterocycles. The van der Waals surface area contributed by atoms with Gasteiger partial charge in [-0.2, -0.15) is 0 Å². The van der Waals surface area contributed by atoms with Crippen LogP contribution in [0.1, 0.15) is 30.4 Å². The molecule has 1 aromatic carbocycles. The Kier molecular flexibility index (Phi) is 6.74. The molecule has 0 aromatic heterocycles. The van der Waals surface area contributed by atoms with E-state index in [1.807, 2.05) is 38.1 Å². The predicted octanol–water partition coefficient (Wildman–Crippen LogP) is 2.26. The molecule has 0 spiro atoms. The average molecular weight is 344 g/mol. The van der Waals surface area contributed by atoms with Crippen LogP contribution in [0.5, 0.6) is 0 Å². The van der Waals surface area contributed by atoms with Gasteiger partial charge in [-0.05, 0) is 49.8 Å². The van der Waals surface area contributed by atoms with Crippen LogP contribution in [0.15, 0.2) is 30.4 Å². The van der Waals surface area contributed by atoms with E-state index in [-0.39, 0.29) is 31.4 Å². The third kappa shape index (κ3) is 6.06. The summed E-state index contributed by atoms with van der Waals surface area (Å²) in [5.74, 6) is -1.01. The van der Waals surface area contributed by atoms with Crippen molar-refractivity contribution >= 4 is 23.5 Å². The number of carbonyl (C=O) groups is 3. The molecular formula is C19H24N2O4. The van der Waals surface area contributed by atoms with Crippen molar-refractivity contribution in [2.24, 2.45) is 5.92 Å². The van der Waals surface area contributed by atoms with E-state index < -0.39 is 11.9 Å². The molecule has 0 radical (unpaired) electrons. The normalized spacial score (nSPS) is 15.7. The molecule has 25 heavy (non-hydrogen) atoms. The number of amides is 2. The maximum atomic E-state index is 11.9. The predicted molar refractivity (Wildman–Crippen MR) is 95.0 cm³/mol. The fourth-order valence-corrected chi connectivity index (χ4v) is 2.60. The Labute approximate surface area is 147 Å². The third-order valence-electron chi connectivity index (χ3n) is 4.23. The Morgan fingerprint density at radius 1 is 1.20 bits per heavy atom. The van der Waals surface area contributed by atoms with Crippen molar-refractivity contribution in [2.75, 3.05) is 18.5 Å². The fourth-order valence-electron chi connectivity index (χ4n) is 2.60. The van der Waals surface area contributed by atoms with E-state index in [9.17, 15) is 14.4 Å². The minimum absolute atomic E-state index is 0.171. The molecule has 2 rings (SSSR count). The number of nitrogens with one attached hydrogen (secondary N) is 2. The average Bonchev–Trinajstić information content (AvgIpc) is 3.08. The summed E-state index contributed by atoms with van der Waals surface area (Å²) in [6.07, 6.45) is 6.25. The fraction of sp³-hybridized carbons (Fsp3) is 0.421. The maximum absolute atomic E-state index is 11.9. The zero-order chi connectivity index (χ0) is 18.2. The minimum Gasteiger partial charge on any atom is -0.456 e. The summed E-state index contributed by atoms with van der Waals surface area (Å²) >= 11 is 0. The van der Waals surface area contributed by atoms with Crippen molar-refractivity contribution in [3.63, 3.8) is 0 Å². The lowest BCUT2D eigenvalue weighted by molar-refractivity contribution is -0.149. The summed E-state index contributed by atoms with van der Waals surface area (Å²) in [6, 6.07) is 5.62. The van der Waals surface area contributed by atoms with Crippen molar-refractivity contribution in [2.45, 2.75) is 33.1 Å². The lowest BCUT2D eigenvalue weighted by atomic mass is 10.1. The minimum atomic E-state index is -0.494. The number of hydrogen-bond acceptors (Lipinski definition) is 4. The number of benzene rings is 1. The van der Waals surface area contributed by atoms with Gasteiger partial charge < -0.3 is 15.4 Å². The number of esters is 1. The van der Waals surface area contributed by atoms with E-state index in [2.05, 4.69) is 10.6 Å². The van der Waals surface area contributed by atoms with E-state index in [4.69, 9.17) is 4.74 Å². The van der Waals surface area contributed by atoms with E-state index in [0.29, 0.717) is 0 Å². The molecule has 0 bridgehead atoms. The quantitative estimate of drug-likeness (QED) is 0.587. The molecule has 0 unspecified atom stereocenters. The van der Waals surface area contributed by atoms with E-state index in [1.54, 1.807) is 6.07 Å². The number of allylic oxidation sites excluding steroid dienone is 2. The Balaban J connectivity index is 1.67. The summed E-state index contributed by atoms with van der Waals surface area (Å²) in [6.45, 7) is 3.34. The van der Waals surface area contributed by atoms with Crippen LogP contribution in [0.3, 0.4) is 0 Å². The standard InChI is InChI=1S/C19H24N2O4/c1-13-6-5-9-16(14(13)2)21-17(22)11-20-18(23)12-25-19(24)10-15-7-3-4-8-15/h3,5-7,9,15H,4,8,10-12H2,1-2H3,(H,20,23)(H,21,22)/t15-/m0/s1. The van der Waals surface area contributed by atoms with Crippen molar-refractivity contribution in [1.29, 1.82) is 0 Å². The highest BCUT2D eigenvalue weighted by Gasteiger charge is 2.16. The van der Waals surface area contributed by atoms with Crippen LogP contribution < -0.4 is 10.6 Å². The number of anilines is 1. The second kappa shape index (κ2) is 9.01. The first kappa shape index (κ1) is 18.7. The topological polar surface area (TPSA) is 84.5 Å². The Morgan fingerprint density at radius 2 is 2.00 bits per heavy atom. The van der Waals surface area contributed by atoms with Crippen molar-refractivity contribution in [3.8, 4) is 0 Å². The lowest BCUT2D eigenvalue weighted by Gasteiger charge is -2.11. The summed E-state index contributed by atoms with van der Waals surface area (Å²) in [4.78, 5) is 35.2. The van der Waals surface area contributed by atoms with Crippen molar-refractivity contribution in [3.05, 3.63) is 41.5 Å². The highest BCUT2D eigenvalue weighted by molar-refractivity contribution is 5.95. The maximum Gasteiger partial charge on any atom is 0.306 e. The number of hydrogen-bond donors (Lipinski definition) is 2. The SMILES string of the molecule is Cc1cccc(NC(=O)CNC(=O)COC(=O)C[C@H]2C=CCC2)c1C. The molecule has 1 aliphatic carbocycles. The van der Waals surface area contributed by atoms with Crippen molar-refractivity contribution < 1.29 is 19.1 Å². The summed E-state index contributed by atoms with van der Waals surface area (Å²) in [5.41, 5.74) is 2.78. The van der Waals surface area contributed by atoms with Gasteiger partial charge >= 0.3 is 5.97 Å². The number of aryl methyl sites for hydroxylation is 1. The monoisotopic (exact) mass is 344 g/mol. The molecule has 134 valence electrons. The van der Waals surface area contributed by atoms with Gasteiger partial charge in [0, 0.05) is 5.69 Å². The Morgan fingerprint density at radius 3 is 2.72 bits per heavy atom. The van der Waals surface area contributed by atoms with Crippen LogP contribution in [0.25, 0.3) is 0 Å². The van der Waals surface area contributed by atoms with Gasteiger partial charge in [0.2, 0.25) is 5.91 Å². The van der Waals surface area contributed by atoms with Crippen LogP contribution in [-0.2, 0) is 19.1 Å². The highest BCUT2D eigenvalue weighted by atomic mass is 16.5. The van der Waals surface area contributed by atoms with Crippen LogP contribution in [0, 0.1) is 19.8 Å². The smallest absolute Gasteiger partial charge is 0.306 e.